The fourth-order valence-corrected chi connectivity index (χ4v) is 5.01. The molecule has 2 rings (SSSR count). The Bertz CT molecular complexity index is 587. The van der Waals surface area contributed by atoms with E-state index in [1.807, 2.05) is 6.07 Å². The Hall–Kier alpha value is -0.430. The molecule has 6 heteroatoms. The van der Waals surface area contributed by atoms with Crippen LogP contribution in [0.3, 0.4) is 0 Å². The zero-order valence-electron chi connectivity index (χ0n) is 11.8. The second-order valence-electron chi connectivity index (χ2n) is 5.62. The summed E-state index contributed by atoms with van der Waals surface area (Å²) in [6.07, 6.45) is 0.936. The molecule has 1 aliphatic rings. The van der Waals surface area contributed by atoms with Crippen molar-refractivity contribution in [2.45, 2.75) is 31.7 Å². The van der Waals surface area contributed by atoms with Crippen LogP contribution >= 0.6 is 15.9 Å². The third-order valence-electron chi connectivity index (χ3n) is 3.98. The molecule has 0 spiro atoms. The van der Waals surface area contributed by atoms with Gasteiger partial charge in [-0.15, -0.1) is 0 Å². The first-order valence-corrected chi connectivity index (χ1v) is 9.08. The Morgan fingerprint density at radius 3 is 2.70 bits per heavy atom. The summed E-state index contributed by atoms with van der Waals surface area (Å²) >= 11 is 3.34. The van der Waals surface area contributed by atoms with Gasteiger partial charge in [-0.25, -0.2) is 8.42 Å². The highest BCUT2D eigenvalue weighted by Gasteiger charge is 2.34. The molecule has 112 valence electrons. The van der Waals surface area contributed by atoms with Crippen LogP contribution in [0.1, 0.15) is 25.8 Å². The maximum atomic E-state index is 12.7. The fourth-order valence-electron chi connectivity index (χ4n) is 2.53. The number of nitrogens with two attached hydrogens (primary N) is 1. The standard InChI is InChI=1S/C14H21BrN2O2S/c1-10(2)12-5-6-17(9-12)20(18,19)14-7-11(8-16)3-4-13(14)15/h3-4,7,10,12H,5-6,8-9,16H2,1-2H3. The molecule has 0 radical (unpaired) electrons. The highest BCUT2D eigenvalue weighted by atomic mass is 79.9. The van der Waals surface area contributed by atoms with Crippen LogP contribution in [0.4, 0.5) is 0 Å². The molecular weight excluding hydrogens is 340 g/mol. The van der Waals surface area contributed by atoms with Gasteiger partial charge in [0, 0.05) is 24.1 Å². The van der Waals surface area contributed by atoms with Gasteiger partial charge in [-0.3, -0.25) is 0 Å². The van der Waals surface area contributed by atoms with E-state index >= 15 is 0 Å². The quantitative estimate of drug-likeness (QED) is 0.897. The predicted molar refractivity (Wildman–Crippen MR) is 83.7 cm³/mol. The Labute approximate surface area is 129 Å². The molecule has 0 saturated carbocycles. The van der Waals surface area contributed by atoms with Crippen molar-refractivity contribution in [1.29, 1.82) is 0 Å². The molecule has 2 N–H and O–H groups in total. The van der Waals surface area contributed by atoms with E-state index in [-0.39, 0.29) is 0 Å². The summed E-state index contributed by atoms with van der Waals surface area (Å²) in [5, 5.41) is 0. The monoisotopic (exact) mass is 360 g/mol. The first kappa shape index (κ1) is 15.9. The van der Waals surface area contributed by atoms with Gasteiger partial charge in [-0.1, -0.05) is 19.9 Å². The van der Waals surface area contributed by atoms with E-state index in [4.69, 9.17) is 5.73 Å². The van der Waals surface area contributed by atoms with Crippen LogP contribution in [-0.4, -0.2) is 25.8 Å². The molecule has 0 aliphatic carbocycles. The van der Waals surface area contributed by atoms with E-state index in [0.717, 1.165) is 12.0 Å². The number of rotatable bonds is 4. The van der Waals surface area contributed by atoms with Gasteiger partial charge in [-0.05, 0) is 51.9 Å². The smallest absolute Gasteiger partial charge is 0.244 e. The van der Waals surface area contributed by atoms with E-state index in [0.29, 0.717) is 40.8 Å². The maximum absolute atomic E-state index is 12.7. The minimum absolute atomic E-state index is 0.324. The number of nitrogens with zero attached hydrogens (tertiary/aromatic N) is 1. The number of halogens is 1. The van der Waals surface area contributed by atoms with Gasteiger partial charge >= 0.3 is 0 Å². The van der Waals surface area contributed by atoms with Gasteiger partial charge in [0.2, 0.25) is 10.0 Å². The minimum atomic E-state index is -3.44. The summed E-state index contributed by atoms with van der Waals surface area (Å²) in [4.78, 5) is 0.324. The Morgan fingerprint density at radius 1 is 1.45 bits per heavy atom. The van der Waals surface area contributed by atoms with Gasteiger partial charge < -0.3 is 5.73 Å². The van der Waals surface area contributed by atoms with E-state index in [1.54, 1.807) is 16.4 Å². The van der Waals surface area contributed by atoms with Crippen LogP contribution in [-0.2, 0) is 16.6 Å². The second-order valence-corrected chi connectivity index (χ2v) is 8.39. The first-order valence-electron chi connectivity index (χ1n) is 6.85. The molecule has 1 aliphatic heterocycles. The highest BCUT2D eigenvalue weighted by Crippen LogP contribution is 2.32. The van der Waals surface area contributed by atoms with Crippen molar-refractivity contribution in [3.05, 3.63) is 28.2 Å². The van der Waals surface area contributed by atoms with E-state index < -0.39 is 10.0 Å². The van der Waals surface area contributed by atoms with Crippen molar-refractivity contribution in [2.24, 2.45) is 17.6 Å². The number of hydrogen-bond donors (Lipinski definition) is 1. The molecule has 0 aromatic heterocycles. The third-order valence-corrected chi connectivity index (χ3v) is 6.84. The Morgan fingerprint density at radius 2 is 2.15 bits per heavy atom. The average molecular weight is 361 g/mol. The zero-order valence-corrected chi connectivity index (χ0v) is 14.2. The van der Waals surface area contributed by atoms with Crippen molar-refractivity contribution >= 4 is 26.0 Å². The first-order chi connectivity index (χ1) is 9.36. The lowest BCUT2D eigenvalue weighted by Crippen LogP contribution is -2.30. The molecule has 0 amide bonds. The van der Waals surface area contributed by atoms with Crippen molar-refractivity contribution in [2.75, 3.05) is 13.1 Å². The van der Waals surface area contributed by atoms with Crippen LogP contribution in [0.25, 0.3) is 0 Å². The van der Waals surface area contributed by atoms with Crippen LogP contribution < -0.4 is 5.73 Å². The van der Waals surface area contributed by atoms with Crippen molar-refractivity contribution in [3.8, 4) is 0 Å². The molecule has 1 fully saturated rings. The summed E-state index contributed by atoms with van der Waals surface area (Å²) in [5.41, 5.74) is 6.43. The molecule has 1 saturated heterocycles. The van der Waals surface area contributed by atoms with Crippen molar-refractivity contribution < 1.29 is 8.42 Å². The third kappa shape index (κ3) is 3.08. The van der Waals surface area contributed by atoms with E-state index in [2.05, 4.69) is 29.8 Å². The molecule has 1 aromatic rings. The number of hydrogen-bond acceptors (Lipinski definition) is 3. The number of sulfonamides is 1. The fraction of sp³-hybridized carbons (Fsp3) is 0.571. The molecule has 20 heavy (non-hydrogen) atoms. The van der Waals surface area contributed by atoms with E-state index in [9.17, 15) is 8.42 Å². The molecule has 1 heterocycles. The van der Waals surface area contributed by atoms with Gasteiger partial charge in [0.15, 0.2) is 0 Å². The zero-order chi connectivity index (χ0) is 14.9. The SMILES string of the molecule is CC(C)C1CCN(S(=O)(=O)c2cc(CN)ccc2Br)C1. The summed E-state index contributed by atoms with van der Waals surface area (Å²) in [5.74, 6) is 0.954. The maximum Gasteiger partial charge on any atom is 0.244 e. The summed E-state index contributed by atoms with van der Waals surface area (Å²) in [7, 11) is -3.44. The lowest BCUT2D eigenvalue weighted by atomic mass is 9.96. The van der Waals surface area contributed by atoms with Crippen LogP contribution in [0, 0.1) is 11.8 Å². The second kappa shape index (κ2) is 6.13. The minimum Gasteiger partial charge on any atom is -0.326 e. The van der Waals surface area contributed by atoms with Crippen molar-refractivity contribution in [1.82, 2.24) is 4.31 Å². The average Bonchev–Trinajstić information content (AvgIpc) is 2.89. The predicted octanol–water partition coefficient (Wildman–Crippen LogP) is 2.57. The van der Waals surface area contributed by atoms with Crippen LogP contribution in [0.15, 0.2) is 27.6 Å². The largest absolute Gasteiger partial charge is 0.326 e. The Kier molecular flexibility index (Phi) is 4.89. The Balaban J connectivity index is 2.32. The molecule has 4 nitrogen and oxygen atoms in total. The van der Waals surface area contributed by atoms with Gasteiger partial charge in [-0.2, -0.15) is 4.31 Å². The van der Waals surface area contributed by atoms with Crippen molar-refractivity contribution in [3.63, 3.8) is 0 Å². The molecule has 0 bridgehead atoms. The summed E-state index contributed by atoms with van der Waals surface area (Å²) in [6, 6.07) is 5.26. The van der Waals surface area contributed by atoms with Gasteiger partial charge in [0.25, 0.3) is 0 Å². The molecular formula is C14H21BrN2O2S. The summed E-state index contributed by atoms with van der Waals surface area (Å²) < 4.78 is 27.7. The lowest BCUT2D eigenvalue weighted by Gasteiger charge is -2.19. The van der Waals surface area contributed by atoms with Gasteiger partial charge in [0.1, 0.15) is 0 Å². The van der Waals surface area contributed by atoms with Gasteiger partial charge in [0.05, 0.1) is 4.90 Å². The highest BCUT2D eigenvalue weighted by molar-refractivity contribution is 9.10. The number of benzene rings is 1. The van der Waals surface area contributed by atoms with Crippen LogP contribution in [0.2, 0.25) is 0 Å². The van der Waals surface area contributed by atoms with E-state index in [1.165, 1.54) is 0 Å². The summed E-state index contributed by atoms with van der Waals surface area (Å²) in [6.45, 7) is 5.84. The molecule has 1 atom stereocenters. The van der Waals surface area contributed by atoms with Crippen LogP contribution in [0.5, 0.6) is 0 Å². The lowest BCUT2D eigenvalue weighted by molar-refractivity contribution is 0.388. The topological polar surface area (TPSA) is 63.4 Å². The molecule has 1 unspecified atom stereocenters. The normalized spacial score (nSPS) is 20.8. The molecule has 1 aromatic carbocycles.